The number of esters is 2. The number of aliphatic hydroxyl groups excluding tert-OH is 3. The fourth-order valence-corrected chi connectivity index (χ4v) is 12.7. The third kappa shape index (κ3) is 10.2. The second kappa shape index (κ2) is 22.0. The Labute approximate surface area is 427 Å². The summed E-state index contributed by atoms with van der Waals surface area (Å²) in [6.07, 6.45) is 9.62. The number of fused-ring (bicyclic) bond motifs is 9. The van der Waals surface area contributed by atoms with Gasteiger partial charge in [0.25, 0.3) is 0 Å². The predicted molar refractivity (Wildman–Crippen MR) is 277 cm³/mol. The van der Waals surface area contributed by atoms with E-state index in [0.29, 0.717) is 42.4 Å². The number of allylic oxidation sites excluding steroid dienone is 3. The minimum Gasteiger partial charge on any atom is -0.481 e. The van der Waals surface area contributed by atoms with Gasteiger partial charge in [-0.15, -0.1) is 0 Å². The van der Waals surface area contributed by atoms with E-state index in [0.717, 1.165) is 60.8 Å². The van der Waals surface area contributed by atoms with Gasteiger partial charge in [-0.25, -0.2) is 9.59 Å². The van der Waals surface area contributed by atoms with Crippen molar-refractivity contribution in [2.24, 2.45) is 11.8 Å². The number of rotatable bonds is 11. The van der Waals surface area contributed by atoms with E-state index in [-0.39, 0.29) is 78.4 Å². The average Bonchev–Trinajstić information content (AvgIpc) is 3.39. The summed E-state index contributed by atoms with van der Waals surface area (Å²) in [4.78, 5) is 45.0. The van der Waals surface area contributed by atoms with E-state index in [4.69, 9.17) is 23.4 Å². The van der Waals surface area contributed by atoms with E-state index in [2.05, 4.69) is 90.7 Å². The number of hydrogen-bond donors (Lipinski definition) is 3. The zero-order chi connectivity index (χ0) is 50.6. The molecule has 4 aromatic carbocycles. The van der Waals surface area contributed by atoms with Crippen molar-refractivity contribution in [3.05, 3.63) is 169 Å². The van der Waals surface area contributed by atoms with E-state index < -0.39 is 54.7 Å². The number of carbonyl (C=O) groups excluding carboxylic acids is 2. The molecule has 1 saturated carbocycles. The molecule has 1 aromatic heterocycles. The van der Waals surface area contributed by atoms with Crippen LogP contribution in [0.25, 0.3) is 11.0 Å². The van der Waals surface area contributed by atoms with Crippen LogP contribution in [0.5, 0.6) is 5.75 Å². The summed E-state index contributed by atoms with van der Waals surface area (Å²) in [6.45, 7) is 2.21. The fraction of sp³-hybridized carbons (Fsp3) is 0.435. The first kappa shape index (κ1) is 50.3. The van der Waals surface area contributed by atoms with Crippen molar-refractivity contribution < 1.29 is 48.3 Å². The minimum absolute atomic E-state index is 0.0116. The number of carbonyl (C=O) groups is 2. The maximum Gasteiger partial charge on any atom is 0.340 e. The number of benzene rings is 4. The van der Waals surface area contributed by atoms with E-state index in [1.807, 2.05) is 19.9 Å². The van der Waals surface area contributed by atoms with Gasteiger partial charge in [0.05, 0.1) is 25.2 Å². The van der Waals surface area contributed by atoms with Crippen molar-refractivity contribution in [1.82, 2.24) is 0 Å². The molecule has 5 bridgehead atoms. The van der Waals surface area contributed by atoms with Crippen LogP contribution in [0.1, 0.15) is 152 Å². The smallest absolute Gasteiger partial charge is 0.340 e. The van der Waals surface area contributed by atoms with Crippen LogP contribution in [0.4, 0.5) is 0 Å². The molecule has 7 atom stereocenters. The van der Waals surface area contributed by atoms with Crippen LogP contribution in [0, 0.1) is 23.7 Å². The first-order chi connectivity index (χ1) is 35.6. The molecule has 380 valence electrons. The summed E-state index contributed by atoms with van der Waals surface area (Å²) >= 11 is 0. The second-order valence-corrected chi connectivity index (χ2v) is 21.0. The third-order valence-corrected chi connectivity index (χ3v) is 16.3. The lowest BCUT2D eigenvalue weighted by Crippen LogP contribution is -2.60. The van der Waals surface area contributed by atoms with Gasteiger partial charge in [-0.3, -0.25) is 4.79 Å². The van der Waals surface area contributed by atoms with Crippen LogP contribution < -0.4 is 10.4 Å². The molecule has 4 heterocycles. The summed E-state index contributed by atoms with van der Waals surface area (Å²) in [5.74, 6) is 5.14. The van der Waals surface area contributed by atoms with Crippen LogP contribution in [0.3, 0.4) is 0 Å². The zero-order valence-electron chi connectivity index (χ0n) is 41.9. The van der Waals surface area contributed by atoms with Gasteiger partial charge in [0.15, 0.2) is 17.8 Å². The third-order valence-electron chi connectivity index (χ3n) is 16.3. The van der Waals surface area contributed by atoms with Gasteiger partial charge < -0.3 is 38.7 Å². The molecule has 7 unspecified atom stereocenters. The van der Waals surface area contributed by atoms with Gasteiger partial charge >= 0.3 is 17.6 Å². The first-order valence-electron chi connectivity index (χ1n) is 26.3. The molecule has 5 aliphatic rings. The van der Waals surface area contributed by atoms with Crippen molar-refractivity contribution in [2.75, 3.05) is 20.0 Å². The molecule has 5 aromatic rings. The van der Waals surface area contributed by atoms with E-state index >= 15 is 9.59 Å². The normalized spacial score (nSPS) is 24.5. The van der Waals surface area contributed by atoms with Crippen LogP contribution in [-0.2, 0) is 49.7 Å². The number of ether oxygens (including phenoxy) is 4. The molecule has 3 N–H and O–H groups in total. The Morgan fingerprint density at radius 3 is 2.47 bits per heavy atom. The molecule has 0 radical (unpaired) electrons. The number of aliphatic hydroxyl groups is 3. The quantitative estimate of drug-likeness (QED) is 0.0288. The van der Waals surface area contributed by atoms with Crippen LogP contribution in [0.15, 0.2) is 117 Å². The Kier molecular flexibility index (Phi) is 15.2. The highest BCUT2D eigenvalue weighted by atomic mass is 16.6. The molecule has 2 aliphatic carbocycles. The average molecular weight is 987 g/mol. The lowest BCUT2D eigenvalue weighted by molar-refractivity contribution is -0.204. The molecule has 1 fully saturated rings. The maximum atomic E-state index is 15.4. The lowest BCUT2D eigenvalue weighted by Gasteiger charge is -2.51. The van der Waals surface area contributed by atoms with Crippen molar-refractivity contribution in [3.8, 4) is 17.6 Å². The molecular formula is C62H66O11. The Balaban J connectivity index is 1.17. The van der Waals surface area contributed by atoms with Crippen LogP contribution in [0.2, 0.25) is 0 Å². The Hall–Kier alpha value is -6.29. The molecule has 73 heavy (non-hydrogen) atoms. The van der Waals surface area contributed by atoms with E-state index in [1.54, 1.807) is 12.1 Å². The molecule has 10 rings (SSSR count). The van der Waals surface area contributed by atoms with Crippen molar-refractivity contribution in [3.63, 3.8) is 0 Å². The lowest BCUT2D eigenvalue weighted by atomic mass is 9.68. The molecule has 11 nitrogen and oxygen atoms in total. The minimum atomic E-state index is -1.33. The van der Waals surface area contributed by atoms with Crippen LogP contribution in [-0.4, -0.2) is 59.0 Å². The maximum absolute atomic E-state index is 15.4. The van der Waals surface area contributed by atoms with Gasteiger partial charge in [0.1, 0.15) is 18.1 Å². The topological polar surface area (TPSA) is 162 Å². The van der Waals surface area contributed by atoms with Gasteiger partial charge in [-0.05, 0) is 116 Å². The van der Waals surface area contributed by atoms with Gasteiger partial charge in [-0.2, -0.15) is 0 Å². The zero-order valence-corrected chi connectivity index (χ0v) is 41.9. The molecule has 0 saturated heterocycles. The van der Waals surface area contributed by atoms with Gasteiger partial charge in [-0.1, -0.05) is 122 Å². The highest BCUT2D eigenvalue weighted by Gasteiger charge is 2.59. The summed E-state index contributed by atoms with van der Waals surface area (Å²) in [5, 5.41) is 31.1. The van der Waals surface area contributed by atoms with E-state index in [9.17, 15) is 20.1 Å². The standard InChI is InChI=1S/C62H66O11/c1-38(2)48-22-19-40-20-23-49-44(31-40)15-9-10-28-62(47-17-7-4-8-18-47)59(72-60(48)67)58(56-53(73-62)26-25-51-52(35-64)55(61(68)71-57(51)56)45(27-29-63)36-69-37-65)70-54(66)34-46-33-43(21-24-50(46)49)42-16-11-14-41(32-42)30-39-12-5-3-6-13-39/h3,5-6,11-14,16,20-21,23-26,31-32,43,45-47,50,58-59,63-65H,4,7-8,15,17-19,22,27-30,33-37H2,1-2H3. The second-order valence-electron chi connectivity index (χ2n) is 21.0. The monoisotopic (exact) mass is 986 g/mol. The Bertz CT molecular complexity index is 3040. The summed E-state index contributed by atoms with van der Waals surface area (Å²) in [5.41, 5.74) is 6.72. The fourth-order valence-electron chi connectivity index (χ4n) is 12.7. The van der Waals surface area contributed by atoms with Gasteiger partial charge in [0.2, 0.25) is 0 Å². The van der Waals surface area contributed by atoms with Gasteiger partial charge in [0, 0.05) is 59.6 Å². The summed E-state index contributed by atoms with van der Waals surface area (Å²) < 4.78 is 33.0. The molecular weight excluding hydrogens is 921 g/mol. The Morgan fingerprint density at radius 2 is 1.68 bits per heavy atom. The highest BCUT2D eigenvalue weighted by molar-refractivity contribution is 5.90. The van der Waals surface area contributed by atoms with Crippen LogP contribution >= 0.6 is 0 Å². The molecule has 3 aliphatic heterocycles. The SMILES string of the molecule is CC(C)=C1CCc2ccc3c(c2)CC#CCC2(C4CCCCC4)Oc4ccc5c(CO)c(C(CCO)COCO)c(=O)oc5c4C(OC(=O)CC4CC(c5cccc(Cc6ccccc6)c5)C=CC34)C2OC1=O. The molecule has 11 heteroatoms. The Morgan fingerprint density at radius 1 is 0.863 bits per heavy atom. The predicted octanol–water partition coefficient (Wildman–Crippen LogP) is 10.3. The molecule has 0 spiro atoms. The van der Waals surface area contributed by atoms with Crippen molar-refractivity contribution >= 4 is 22.9 Å². The highest BCUT2D eigenvalue weighted by Crippen LogP contribution is 2.54. The van der Waals surface area contributed by atoms with Crippen molar-refractivity contribution in [1.29, 1.82) is 0 Å². The first-order valence-corrected chi connectivity index (χ1v) is 26.3. The largest absolute Gasteiger partial charge is 0.481 e. The number of hydrogen-bond acceptors (Lipinski definition) is 11. The molecule has 0 amide bonds. The van der Waals surface area contributed by atoms with Crippen molar-refractivity contribution in [2.45, 2.75) is 139 Å². The summed E-state index contributed by atoms with van der Waals surface area (Å²) in [7, 11) is 0. The summed E-state index contributed by atoms with van der Waals surface area (Å²) in [6, 6.07) is 29.2. The number of aryl methyl sites for hydroxylation is 1. The van der Waals surface area contributed by atoms with E-state index in [1.165, 1.54) is 16.7 Å².